The first-order chi connectivity index (χ1) is 5.28. The standard InChI is InChI=1S/C6H13ClO4/c7-1-5(2-8)11-6(3-9)4-10/h5-6,8-10H,1-4H2. The number of hydrogen-bond acceptors (Lipinski definition) is 4. The second-order valence-corrected chi connectivity index (χ2v) is 2.39. The highest BCUT2D eigenvalue weighted by atomic mass is 35.5. The minimum atomic E-state index is -0.647. The summed E-state index contributed by atoms with van der Waals surface area (Å²) in [5.74, 6) is 0.146. The van der Waals surface area contributed by atoms with E-state index in [1.807, 2.05) is 0 Å². The molecule has 3 N–H and O–H groups in total. The lowest BCUT2D eigenvalue weighted by Crippen LogP contribution is -2.31. The van der Waals surface area contributed by atoms with Crippen molar-refractivity contribution in [3.63, 3.8) is 0 Å². The first kappa shape index (κ1) is 11.1. The molecule has 1 atom stereocenters. The maximum absolute atomic E-state index is 8.59. The van der Waals surface area contributed by atoms with E-state index in [1.165, 1.54) is 0 Å². The highest BCUT2D eigenvalue weighted by Crippen LogP contribution is 1.99. The molecular weight excluding hydrogens is 172 g/mol. The molecule has 0 aliphatic heterocycles. The van der Waals surface area contributed by atoms with Crippen molar-refractivity contribution >= 4 is 11.6 Å². The van der Waals surface area contributed by atoms with Crippen LogP contribution in [0.5, 0.6) is 0 Å². The summed E-state index contributed by atoms with van der Waals surface area (Å²) in [6.07, 6.45) is -1.16. The molecule has 0 rings (SSSR count). The van der Waals surface area contributed by atoms with Crippen LogP contribution in [0.3, 0.4) is 0 Å². The SMILES string of the molecule is OCC(CO)OC(CO)CCl. The highest BCUT2D eigenvalue weighted by molar-refractivity contribution is 6.18. The monoisotopic (exact) mass is 184 g/mol. The summed E-state index contributed by atoms with van der Waals surface area (Å²) in [6.45, 7) is -0.756. The van der Waals surface area contributed by atoms with E-state index in [0.717, 1.165) is 0 Å². The first-order valence-electron chi connectivity index (χ1n) is 3.32. The van der Waals surface area contributed by atoms with Gasteiger partial charge in [0.1, 0.15) is 6.10 Å². The second kappa shape index (κ2) is 6.82. The Labute approximate surface area is 70.4 Å². The molecule has 0 heterocycles. The molecule has 0 spiro atoms. The molecule has 0 radical (unpaired) electrons. The molecule has 0 saturated heterocycles. The molecule has 0 saturated carbocycles. The molecule has 0 amide bonds. The molecule has 0 aromatic carbocycles. The van der Waals surface area contributed by atoms with Gasteiger partial charge in [-0.15, -0.1) is 11.6 Å². The van der Waals surface area contributed by atoms with Crippen molar-refractivity contribution in [2.75, 3.05) is 25.7 Å². The van der Waals surface area contributed by atoms with E-state index in [2.05, 4.69) is 0 Å². The zero-order chi connectivity index (χ0) is 8.69. The highest BCUT2D eigenvalue weighted by Gasteiger charge is 2.13. The summed E-state index contributed by atoms with van der Waals surface area (Å²) in [4.78, 5) is 0. The number of hydrogen-bond donors (Lipinski definition) is 3. The third-order valence-corrected chi connectivity index (χ3v) is 1.51. The molecule has 0 aromatic heterocycles. The summed E-state index contributed by atoms with van der Waals surface area (Å²) in [7, 11) is 0. The fraction of sp³-hybridized carbons (Fsp3) is 1.00. The zero-order valence-electron chi connectivity index (χ0n) is 6.11. The van der Waals surface area contributed by atoms with Gasteiger partial charge in [-0.3, -0.25) is 0 Å². The van der Waals surface area contributed by atoms with Crippen molar-refractivity contribution in [1.82, 2.24) is 0 Å². The Morgan fingerprint density at radius 2 is 1.45 bits per heavy atom. The van der Waals surface area contributed by atoms with E-state index in [4.69, 9.17) is 31.7 Å². The lowest BCUT2D eigenvalue weighted by Gasteiger charge is -2.18. The lowest BCUT2D eigenvalue weighted by atomic mass is 10.3. The average Bonchev–Trinajstić information content (AvgIpc) is 2.07. The van der Waals surface area contributed by atoms with Crippen molar-refractivity contribution in [2.24, 2.45) is 0 Å². The molecule has 68 valence electrons. The third kappa shape index (κ3) is 4.55. The van der Waals surface area contributed by atoms with Crippen molar-refractivity contribution in [2.45, 2.75) is 12.2 Å². The topological polar surface area (TPSA) is 69.9 Å². The van der Waals surface area contributed by atoms with Gasteiger partial charge in [-0.2, -0.15) is 0 Å². The number of aliphatic hydroxyl groups is 3. The molecule has 11 heavy (non-hydrogen) atoms. The van der Waals surface area contributed by atoms with Crippen LogP contribution in [0.4, 0.5) is 0 Å². The number of rotatable bonds is 6. The Morgan fingerprint density at radius 3 is 1.73 bits per heavy atom. The molecule has 0 aliphatic carbocycles. The Bertz CT molecular complexity index is 72.7. The van der Waals surface area contributed by atoms with Gasteiger partial charge in [0.2, 0.25) is 0 Å². The molecule has 0 bridgehead atoms. The van der Waals surface area contributed by atoms with Crippen LogP contribution < -0.4 is 0 Å². The fourth-order valence-corrected chi connectivity index (χ4v) is 0.714. The normalized spacial score (nSPS) is 13.9. The number of halogens is 1. The zero-order valence-corrected chi connectivity index (χ0v) is 6.87. The Morgan fingerprint density at radius 1 is 1.00 bits per heavy atom. The fourth-order valence-electron chi connectivity index (χ4n) is 0.544. The van der Waals surface area contributed by atoms with Crippen molar-refractivity contribution in [3.05, 3.63) is 0 Å². The van der Waals surface area contributed by atoms with E-state index < -0.39 is 12.2 Å². The van der Waals surface area contributed by atoms with E-state index in [1.54, 1.807) is 0 Å². The Hall–Kier alpha value is 0.130. The van der Waals surface area contributed by atoms with Crippen LogP contribution in [-0.2, 0) is 4.74 Å². The van der Waals surface area contributed by atoms with E-state index in [0.29, 0.717) is 0 Å². The van der Waals surface area contributed by atoms with Gasteiger partial charge in [-0.1, -0.05) is 0 Å². The van der Waals surface area contributed by atoms with Gasteiger partial charge in [0.05, 0.1) is 31.8 Å². The second-order valence-electron chi connectivity index (χ2n) is 2.08. The average molecular weight is 185 g/mol. The van der Waals surface area contributed by atoms with Crippen LogP contribution in [0, 0.1) is 0 Å². The van der Waals surface area contributed by atoms with Crippen LogP contribution in [0.15, 0.2) is 0 Å². The molecule has 0 aliphatic rings. The molecule has 1 unspecified atom stereocenters. The maximum Gasteiger partial charge on any atom is 0.104 e. The van der Waals surface area contributed by atoms with Gasteiger partial charge in [-0.05, 0) is 0 Å². The minimum Gasteiger partial charge on any atom is -0.394 e. The van der Waals surface area contributed by atoms with Crippen LogP contribution >= 0.6 is 11.6 Å². The molecule has 0 aromatic rings. The van der Waals surface area contributed by atoms with Gasteiger partial charge in [0.25, 0.3) is 0 Å². The minimum absolute atomic E-state index is 0.146. The van der Waals surface area contributed by atoms with E-state index >= 15 is 0 Å². The molecule has 5 heteroatoms. The van der Waals surface area contributed by atoms with Crippen molar-refractivity contribution < 1.29 is 20.1 Å². The Balaban J connectivity index is 3.58. The van der Waals surface area contributed by atoms with Crippen LogP contribution in [0.25, 0.3) is 0 Å². The summed E-state index contributed by atoms with van der Waals surface area (Å²) in [6, 6.07) is 0. The first-order valence-corrected chi connectivity index (χ1v) is 3.85. The quantitative estimate of drug-likeness (QED) is 0.461. The van der Waals surface area contributed by atoms with Crippen LogP contribution in [-0.4, -0.2) is 53.2 Å². The number of alkyl halides is 1. The summed E-state index contributed by atoms with van der Waals surface area (Å²) >= 11 is 5.38. The molecule has 4 nitrogen and oxygen atoms in total. The number of ether oxygens (including phenoxy) is 1. The lowest BCUT2D eigenvalue weighted by molar-refractivity contribution is -0.0706. The van der Waals surface area contributed by atoms with Gasteiger partial charge in [0, 0.05) is 0 Å². The van der Waals surface area contributed by atoms with Gasteiger partial charge in [-0.25, -0.2) is 0 Å². The van der Waals surface area contributed by atoms with Gasteiger partial charge < -0.3 is 20.1 Å². The predicted molar refractivity (Wildman–Crippen MR) is 40.6 cm³/mol. The van der Waals surface area contributed by atoms with Gasteiger partial charge in [0.15, 0.2) is 0 Å². The van der Waals surface area contributed by atoms with Crippen LogP contribution in [0.1, 0.15) is 0 Å². The summed E-state index contributed by atoms with van der Waals surface area (Å²) in [5, 5.41) is 25.7. The number of aliphatic hydroxyl groups excluding tert-OH is 3. The maximum atomic E-state index is 8.59. The largest absolute Gasteiger partial charge is 0.394 e. The van der Waals surface area contributed by atoms with E-state index in [9.17, 15) is 0 Å². The van der Waals surface area contributed by atoms with Crippen molar-refractivity contribution in [1.29, 1.82) is 0 Å². The third-order valence-electron chi connectivity index (χ3n) is 1.17. The van der Waals surface area contributed by atoms with Crippen molar-refractivity contribution in [3.8, 4) is 0 Å². The Kier molecular flexibility index (Phi) is 6.90. The van der Waals surface area contributed by atoms with Gasteiger partial charge >= 0.3 is 0 Å². The smallest absolute Gasteiger partial charge is 0.104 e. The van der Waals surface area contributed by atoms with Crippen LogP contribution in [0.2, 0.25) is 0 Å². The summed E-state index contributed by atoms with van der Waals surface area (Å²) in [5.41, 5.74) is 0. The molecular formula is C6H13ClO4. The summed E-state index contributed by atoms with van der Waals surface area (Å²) < 4.78 is 4.97. The van der Waals surface area contributed by atoms with E-state index in [-0.39, 0.29) is 25.7 Å². The predicted octanol–water partition coefficient (Wildman–Crippen LogP) is -1.04. The molecule has 0 fully saturated rings.